The zero-order chi connectivity index (χ0) is 13.9. The van der Waals surface area contributed by atoms with Gasteiger partial charge in [0.2, 0.25) is 0 Å². The second-order valence-electron chi connectivity index (χ2n) is 4.19. The van der Waals surface area contributed by atoms with Gasteiger partial charge in [0.15, 0.2) is 10.8 Å². The summed E-state index contributed by atoms with van der Waals surface area (Å²) in [7, 11) is 0. The highest BCUT2D eigenvalue weighted by molar-refractivity contribution is 7.13. The first-order valence-corrected chi connectivity index (χ1v) is 6.84. The number of carbonyl (C=O) groups excluding carboxylic acids is 1. The predicted octanol–water partition coefficient (Wildman–Crippen LogP) is 3.36. The molecule has 0 aromatic carbocycles. The molecule has 0 atom stereocenters. The third-order valence-corrected chi connectivity index (χ3v) is 3.48. The average molecular weight is 285 g/mol. The largest absolute Gasteiger partial charge is 0.462 e. The number of carbonyl (C=O) groups is 1. The molecule has 100 valence electrons. The summed E-state index contributed by atoms with van der Waals surface area (Å²) in [5, 5.41) is 5.10. The predicted molar refractivity (Wildman–Crippen MR) is 76.7 cm³/mol. The fourth-order valence-corrected chi connectivity index (χ4v) is 2.44. The fraction of sp³-hybridized carbons (Fsp3) is 0.0714. The van der Waals surface area contributed by atoms with Gasteiger partial charge in [-0.15, -0.1) is 11.3 Å². The average Bonchev–Trinajstić information content (AvgIpc) is 3.10. The molecule has 0 unspecified atom stereocenters. The van der Waals surface area contributed by atoms with Crippen LogP contribution in [0.25, 0.3) is 10.8 Å². The van der Waals surface area contributed by atoms with Gasteiger partial charge in [0.05, 0.1) is 6.26 Å². The highest BCUT2D eigenvalue weighted by Gasteiger charge is 2.13. The van der Waals surface area contributed by atoms with Gasteiger partial charge in [-0.2, -0.15) is 0 Å². The lowest BCUT2D eigenvalue weighted by molar-refractivity contribution is 0.102. The molecule has 0 aliphatic carbocycles. The number of hydrogen-bond acceptors (Lipinski definition) is 5. The van der Waals surface area contributed by atoms with Crippen LogP contribution in [0.5, 0.6) is 0 Å². The van der Waals surface area contributed by atoms with Gasteiger partial charge in [0.1, 0.15) is 11.5 Å². The number of aromatic nitrogens is 2. The Kier molecular flexibility index (Phi) is 3.30. The first-order valence-electron chi connectivity index (χ1n) is 5.96. The van der Waals surface area contributed by atoms with E-state index in [9.17, 15) is 4.79 Å². The molecule has 0 aliphatic rings. The molecule has 1 N–H and O–H groups in total. The number of furan rings is 1. The van der Waals surface area contributed by atoms with E-state index < -0.39 is 0 Å². The van der Waals surface area contributed by atoms with Gasteiger partial charge >= 0.3 is 0 Å². The molecule has 3 aromatic rings. The Morgan fingerprint density at radius 2 is 2.30 bits per heavy atom. The van der Waals surface area contributed by atoms with Crippen LogP contribution < -0.4 is 5.32 Å². The summed E-state index contributed by atoms with van der Waals surface area (Å²) in [6.07, 6.45) is 3.23. The standard InChI is InChI=1S/C14H11N3O2S/c1-9-4-5-15-12(7-9)17-13(18)10-8-20-14(16-10)11-3-2-6-19-11/h2-8H,1H3,(H,15,17,18). The molecule has 1 amide bonds. The lowest BCUT2D eigenvalue weighted by atomic mass is 10.3. The van der Waals surface area contributed by atoms with Crippen molar-refractivity contribution in [2.75, 3.05) is 5.32 Å². The maximum Gasteiger partial charge on any atom is 0.276 e. The van der Waals surface area contributed by atoms with Crippen molar-refractivity contribution < 1.29 is 9.21 Å². The van der Waals surface area contributed by atoms with E-state index >= 15 is 0 Å². The van der Waals surface area contributed by atoms with Crippen LogP contribution in [0.3, 0.4) is 0 Å². The molecule has 0 fully saturated rings. The van der Waals surface area contributed by atoms with Gasteiger partial charge in [-0.25, -0.2) is 9.97 Å². The number of amides is 1. The minimum absolute atomic E-state index is 0.280. The Labute approximate surface area is 119 Å². The third-order valence-electron chi connectivity index (χ3n) is 2.63. The Morgan fingerprint density at radius 3 is 3.05 bits per heavy atom. The molecular weight excluding hydrogens is 274 g/mol. The highest BCUT2D eigenvalue weighted by atomic mass is 32.1. The molecule has 0 bridgehead atoms. The lowest BCUT2D eigenvalue weighted by Gasteiger charge is -2.02. The van der Waals surface area contributed by atoms with Gasteiger partial charge in [-0.3, -0.25) is 4.79 Å². The number of anilines is 1. The molecule has 0 aliphatic heterocycles. The van der Waals surface area contributed by atoms with E-state index in [2.05, 4.69) is 15.3 Å². The first kappa shape index (κ1) is 12.6. The summed E-state index contributed by atoms with van der Waals surface area (Å²) >= 11 is 1.36. The van der Waals surface area contributed by atoms with Crippen molar-refractivity contribution in [3.05, 3.63) is 53.4 Å². The zero-order valence-corrected chi connectivity index (χ0v) is 11.5. The van der Waals surface area contributed by atoms with E-state index in [0.29, 0.717) is 22.3 Å². The lowest BCUT2D eigenvalue weighted by Crippen LogP contribution is -2.13. The summed E-state index contributed by atoms with van der Waals surface area (Å²) in [6, 6.07) is 7.26. The normalized spacial score (nSPS) is 10.4. The van der Waals surface area contributed by atoms with Gasteiger partial charge in [0.25, 0.3) is 5.91 Å². The van der Waals surface area contributed by atoms with Crippen LogP contribution in [0.15, 0.2) is 46.5 Å². The SMILES string of the molecule is Cc1ccnc(NC(=O)c2csc(-c3ccco3)n2)c1. The Balaban J connectivity index is 1.78. The van der Waals surface area contributed by atoms with Crippen molar-refractivity contribution in [3.8, 4) is 10.8 Å². The van der Waals surface area contributed by atoms with E-state index in [4.69, 9.17) is 4.42 Å². The van der Waals surface area contributed by atoms with Crippen LogP contribution in [-0.4, -0.2) is 15.9 Å². The van der Waals surface area contributed by atoms with E-state index in [0.717, 1.165) is 5.56 Å². The van der Waals surface area contributed by atoms with E-state index in [-0.39, 0.29) is 5.91 Å². The molecule has 0 radical (unpaired) electrons. The van der Waals surface area contributed by atoms with Gasteiger partial charge in [-0.05, 0) is 36.8 Å². The molecule has 20 heavy (non-hydrogen) atoms. The zero-order valence-electron chi connectivity index (χ0n) is 10.7. The number of nitrogens with zero attached hydrogens (tertiary/aromatic N) is 2. The van der Waals surface area contributed by atoms with Crippen LogP contribution >= 0.6 is 11.3 Å². The summed E-state index contributed by atoms with van der Waals surface area (Å²) in [6.45, 7) is 1.94. The van der Waals surface area contributed by atoms with Crippen molar-refractivity contribution >= 4 is 23.1 Å². The van der Waals surface area contributed by atoms with Crippen molar-refractivity contribution in [2.24, 2.45) is 0 Å². The van der Waals surface area contributed by atoms with E-state index in [1.54, 1.807) is 30.0 Å². The van der Waals surface area contributed by atoms with Crippen LogP contribution in [0, 0.1) is 6.92 Å². The van der Waals surface area contributed by atoms with E-state index in [1.165, 1.54) is 11.3 Å². The smallest absolute Gasteiger partial charge is 0.276 e. The van der Waals surface area contributed by atoms with Crippen LogP contribution in [-0.2, 0) is 0 Å². The van der Waals surface area contributed by atoms with Crippen molar-refractivity contribution in [1.82, 2.24) is 9.97 Å². The molecule has 3 rings (SSSR count). The number of pyridine rings is 1. The monoisotopic (exact) mass is 285 g/mol. The Morgan fingerprint density at radius 1 is 1.40 bits per heavy atom. The molecule has 3 heterocycles. The summed E-state index contributed by atoms with van der Waals surface area (Å²) in [5.74, 6) is 0.891. The van der Waals surface area contributed by atoms with Crippen LogP contribution in [0.2, 0.25) is 0 Å². The van der Waals surface area contributed by atoms with Gasteiger partial charge < -0.3 is 9.73 Å². The van der Waals surface area contributed by atoms with Crippen molar-refractivity contribution in [3.63, 3.8) is 0 Å². The third kappa shape index (κ3) is 2.60. The summed E-state index contributed by atoms with van der Waals surface area (Å²) in [4.78, 5) is 20.4. The molecule has 0 saturated carbocycles. The number of hydrogen-bond donors (Lipinski definition) is 1. The van der Waals surface area contributed by atoms with Crippen molar-refractivity contribution in [2.45, 2.75) is 6.92 Å². The molecule has 5 nitrogen and oxygen atoms in total. The number of nitrogens with one attached hydrogen (secondary N) is 1. The molecule has 0 saturated heterocycles. The van der Waals surface area contributed by atoms with Gasteiger partial charge in [-0.1, -0.05) is 0 Å². The maximum atomic E-state index is 12.1. The minimum Gasteiger partial charge on any atom is -0.462 e. The van der Waals surface area contributed by atoms with Crippen LogP contribution in [0.1, 0.15) is 16.1 Å². The minimum atomic E-state index is -0.280. The number of aryl methyl sites for hydroxylation is 1. The summed E-state index contributed by atoms with van der Waals surface area (Å²) < 4.78 is 5.25. The molecule has 6 heteroatoms. The topological polar surface area (TPSA) is 68.0 Å². The maximum absolute atomic E-state index is 12.1. The number of thiazole rings is 1. The molecular formula is C14H11N3O2S. The summed E-state index contributed by atoms with van der Waals surface area (Å²) in [5.41, 5.74) is 1.38. The Hall–Kier alpha value is -2.47. The van der Waals surface area contributed by atoms with Gasteiger partial charge in [0, 0.05) is 11.6 Å². The Bertz CT molecular complexity index is 734. The van der Waals surface area contributed by atoms with E-state index in [1.807, 2.05) is 19.1 Å². The molecule has 0 spiro atoms. The molecule has 3 aromatic heterocycles. The number of rotatable bonds is 3. The first-order chi connectivity index (χ1) is 9.72. The fourth-order valence-electron chi connectivity index (χ4n) is 1.68. The second kappa shape index (κ2) is 5.26. The second-order valence-corrected chi connectivity index (χ2v) is 5.05. The highest BCUT2D eigenvalue weighted by Crippen LogP contribution is 2.24. The van der Waals surface area contributed by atoms with Crippen LogP contribution in [0.4, 0.5) is 5.82 Å². The quantitative estimate of drug-likeness (QED) is 0.801. The van der Waals surface area contributed by atoms with Crippen molar-refractivity contribution in [1.29, 1.82) is 0 Å².